The van der Waals surface area contributed by atoms with Crippen LogP contribution in [0.2, 0.25) is 0 Å². The Morgan fingerprint density at radius 3 is 2.70 bits per heavy atom. The molecule has 0 aliphatic carbocycles. The van der Waals surface area contributed by atoms with Crippen LogP contribution < -0.4 is 9.50 Å². The van der Waals surface area contributed by atoms with Crippen molar-refractivity contribution in [1.29, 1.82) is 0 Å². The predicted molar refractivity (Wildman–Crippen MR) is 126 cm³/mol. The summed E-state index contributed by atoms with van der Waals surface area (Å²) in [6, 6.07) is 8.35. The van der Waals surface area contributed by atoms with E-state index >= 15 is 0 Å². The lowest BCUT2D eigenvalue weighted by atomic mass is 10.1. The molecule has 0 saturated carbocycles. The van der Waals surface area contributed by atoms with E-state index in [1.54, 1.807) is 12.1 Å². The highest BCUT2D eigenvalue weighted by Gasteiger charge is 2.29. The molecule has 33 heavy (non-hydrogen) atoms. The summed E-state index contributed by atoms with van der Waals surface area (Å²) in [6.07, 6.45) is 2.91. The van der Waals surface area contributed by atoms with Gasteiger partial charge in [-0.25, -0.2) is 0 Å². The van der Waals surface area contributed by atoms with Crippen molar-refractivity contribution in [3.63, 3.8) is 0 Å². The number of nitro groups is 1. The summed E-state index contributed by atoms with van der Waals surface area (Å²) in [5.41, 5.74) is 1.17. The molecule has 2 aromatic carbocycles. The van der Waals surface area contributed by atoms with E-state index in [9.17, 15) is 23.3 Å². The van der Waals surface area contributed by atoms with Crippen LogP contribution in [0.5, 0.6) is 5.75 Å². The van der Waals surface area contributed by atoms with E-state index in [1.165, 1.54) is 43.1 Å². The summed E-state index contributed by atoms with van der Waals surface area (Å²) < 4.78 is 30.8. The quantitative estimate of drug-likeness (QED) is 0.257. The van der Waals surface area contributed by atoms with Gasteiger partial charge in [-0.1, -0.05) is 42.8 Å². The van der Waals surface area contributed by atoms with Crippen LogP contribution in [0.15, 0.2) is 51.5 Å². The van der Waals surface area contributed by atoms with Crippen LogP contribution in [0.3, 0.4) is 0 Å². The molecule has 1 heterocycles. The first-order chi connectivity index (χ1) is 15.6. The average Bonchev–Trinajstić information content (AvgIpc) is 3.09. The van der Waals surface area contributed by atoms with Gasteiger partial charge in [-0.15, -0.1) is 5.10 Å². The lowest BCUT2D eigenvalue weighted by Crippen LogP contribution is -2.24. The molecule has 10 nitrogen and oxygen atoms in total. The number of nitro benzene ring substituents is 1. The van der Waals surface area contributed by atoms with Gasteiger partial charge in [-0.3, -0.25) is 14.9 Å². The molecular weight excluding hydrogens is 468 g/mol. The topological polar surface area (TPSA) is 140 Å². The highest BCUT2D eigenvalue weighted by atomic mass is 32.2. The molecule has 3 rings (SSSR count). The van der Waals surface area contributed by atoms with Crippen LogP contribution in [0.1, 0.15) is 36.5 Å². The van der Waals surface area contributed by atoms with E-state index < -0.39 is 15.0 Å². The summed E-state index contributed by atoms with van der Waals surface area (Å²) in [7, 11) is -4.35. The lowest BCUT2D eigenvalue weighted by molar-refractivity contribution is -0.385. The zero-order valence-electron chi connectivity index (χ0n) is 18.1. The summed E-state index contributed by atoms with van der Waals surface area (Å²) in [6.45, 7) is 5.32. The Bertz CT molecular complexity index is 1260. The molecule has 0 bridgehead atoms. The maximum absolute atomic E-state index is 12.8. The minimum Gasteiger partial charge on any atom is -0.378 e. The molecule has 1 fully saturated rings. The number of rotatable bonds is 8. The van der Waals surface area contributed by atoms with E-state index in [0.29, 0.717) is 16.3 Å². The van der Waals surface area contributed by atoms with E-state index in [0.717, 1.165) is 24.5 Å². The number of aryl methyl sites for hydroxylation is 2. The first-order valence-corrected chi connectivity index (χ1v) is 12.3. The Balaban J connectivity index is 1.85. The second kappa shape index (κ2) is 10.1. The monoisotopic (exact) mass is 490 g/mol. The van der Waals surface area contributed by atoms with Gasteiger partial charge in [0.05, 0.1) is 16.4 Å². The standard InChI is InChI=1S/C21H22N4O6S2/c1-4-5-19-20(26)23-21(32-19)24-22-12-15-10-13(2)6-9-18(15)31-33(29,30)16-8-7-14(3)17(11-16)25(27)28/h6-12,19H,4-5H2,1-3H3,(H,23,24,26)/b22-12+. The summed E-state index contributed by atoms with van der Waals surface area (Å²) in [5.74, 6) is -0.131. The van der Waals surface area contributed by atoms with Gasteiger partial charge < -0.3 is 9.50 Å². The van der Waals surface area contributed by atoms with Gasteiger partial charge in [0.25, 0.3) is 5.69 Å². The number of nitrogens with one attached hydrogen (secondary N) is 1. The van der Waals surface area contributed by atoms with Gasteiger partial charge >= 0.3 is 10.1 Å². The molecule has 1 unspecified atom stereocenters. The van der Waals surface area contributed by atoms with Crippen LogP contribution in [0.4, 0.5) is 5.69 Å². The fourth-order valence-corrected chi connectivity index (χ4v) is 5.02. The Labute approximate surface area is 195 Å². The Hall–Kier alpha value is -3.25. The minimum atomic E-state index is -4.35. The fraction of sp³-hybridized carbons (Fsp3) is 0.286. The van der Waals surface area contributed by atoms with Crippen molar-refractivity contribution < 1.29 is 22.3 Å². The number of benzene rings is 2. The van der Waals surface area contributed by atoms with E-state index in [1.807, 2.05) is 13.8 Å². The van der Waals surface area contributed by atoms with Crippen molar-refractivity contribution in [2.75, 3.05) is 0 Å². The molecule has 1 N–H and O–H groups in total. The van der Waals surface area contributed by atoms with Crippen LogP contribution in [0, 0.1) is 24.0 Å². The van der Waals surface area contributed by atoms with Crippen LogP contribution in [-0.4, -0.2) is 35.9 Å². The first-order valence-electron chi connectivity index (χ1n) is 9.99. The van der Waals surface area contributed by atoms with Gasteiger partial charge in [-0.2, -0.15) is 13.5 Å². The number of nitrogens with zero attached hydrogens (tertiary/aromatic N) is 3. The van der Waals surface area contributed by atoms with Crippen LogP contribution in [-0.2, 0) is 14.9 Å². The summed E-state index contributed by atoms with van der Waals surface area (Å²) in [4.78, 5) is 22.1. The van der Waals surface area contributed by atoms with Crippen molar-refractivity contribution in [1.82, 2.24) is 5.32 Å². The third kappa shape index (κ3) is 5.96. The van der Waals surface area contributed by atoms with Crippen molar-refractivity contribution in [3.8, 4) is 5.75 Å². The van der Waals surface area contributed by atoms with E-state index in [4.69, 9.17) is 4.18 Å². The molecular formula is C21H22N4O6S2. The normalized spacial score (nSPS) is 17.5. The number of amidine groups is 1. The summed E-state index contributed by atoms with van der Waals surface area (Å²) >= 11 is 1.29. The second-order valence-electron chi connectivity index (χ2n) is 7.32. The molecule has 1 saturated heterocycles. The van der Waals surface area contributed by atoms with Gasteiger partial charge in [0, 0.05) is 17.2 Å². The van der Waals surface area contributed by atoms with Gasteiger partial charge in [0.15, 0.2) is 10.9 Å². The second-order valence-corrected chi connectivity index (χ2v) is 10.1. The zero-order valence-corrected chi connectivity index (χ0v) is 19.8. The maximum Gasteiger partial charge on any atom is 0.339 e. The van der Waals surface area contributed by atoms with Crippen molar-refractivity contribution in [2.45, 2.75) is 43.8 Å². The number of amides is 1. The third-order valence-electron chi connectivity index (χ3n) is 4.70. The van der Waals surface area contributed by atoms with E-state index in [-0.39, 0.29) is 27.5 Å². The molecule has 0 radical (unpaired) electrons. The molecule has 12 heteroatoms. The maximum atomic E-state index is 12.8. The summed E-state index contributed by atoms with van der Waals surface area (Å²) in [5, 5.41) is 22.0. The predicted octanol–water partition coefficient (Wildman–Crippen LogP) is 3.70. The number of carbonyl (C=O) groups is 1. The number of hydrogen-bond acceptors (Lipinski definition) is 9. The highest BCUT2D eigenvalue weighted by molar-refractivity contribution is 8.15. The molecule has 1 aliphatic rings. The van der Waals surface area contributed by atoms with Crippen molar-refractivity contribution >= 4 is 44.9 Å². The molecule has 0 spiro atoms. The van der Waals surface area contributed by atoms with Crippen molar-refractivity contribution in [2.24, 2.45) is 10.2 Å². The number of carbonyl (C=O) groups excluding carboxylic acids is 1. The van der Waals surface area contributed by atoms with Crippen LogP contribution in [0.25, 0.3) is 0 Å². The SMILES string of the molecule is CCCC1S/C(=N/N=C/c2cc(C)ccc2OS(=O)(=O)c2ccc(C)c([N+](=O)[O-])c2)NC1=O. The number of hydrogen-bond donors (Lipinski definition) is 1. The third-order valence-corrected chi connectivity index (χ3v) is 7.07. The van der Waals surface area contributed by atoms with Gasteiger partial charge in [-0.05, 0) is 38.5 Å². The average molecular weight is 491 g/mol. The first kappa shape index (κ1) is 24.4. The molecule has 1 amide bonds. The van der Waals surface area contributed by atoms with Crippen LogP contribution >= 0.6 is 11.8 Å². The van der Waals surface area contributed by atoms with Gasteiger partial charge in [0.2, 0.25) is 5.91 Å². The zero-order chi connectivity index (χ0) is 24.2. The molecule has 2 aromatic rings. The largest absolute Gasteiger partial charge is 0.378 e. The number of thioether (sulfide) groups is 1. The molecule has 1 aliphatic heterocycles. The molecule has 174 valence electrons. The Morgan fingerprint density at radius 1 is 1.24 bits per heavy atom. The lowest BCUT2D eigenvalue weighted by Gasteiger charge is -2.10. The van der Waals surface area contributed by atoms with E-state index in [2.05, 4.69) is 15.5 Å². The molecule has 1 atom stereocenters. The molecule has 0 aromatic heterocycles. The Kier molecular flexibility index (Phi) is 7.49. The highest BCUT2D eigenvalue weighted by Crippen LogP contribution is 2.27. The smallest absolute Gasteiger partial charge is 0.339 e. The van der Waals surface area contributed by atoms with Crippen molar-refractivity contribution in [3.05, 3.63) is 63.2 Å². The van der Waals surface area contributed by atoms with Gasteiger partial charge in [0.1, 0.15) is 4.90 Å². The Morgan fingerprint density at radius 2 is 2.00 bits per heavy atom. The minimum absolute atomic E-state index is 0.0141. The fourth-order valence-electron chi connectivity index (χ4n) is 3.00.